The van der Waals surface area contributed by atoms with E-state index in [4.69, 9.17) is 4.74 Å². The lowest BCUT2D eigenvalue weighted by Crippen LogP contribution is -2.44. The second-order valence-corrected chi connectivity index (χ2v) is 5.20. The maximum atomic E-state index is 12.1. The molecule has 1 aliphatic rings. The quantitative estimate of drug-likeness (QED) is 0.827. The van der Waals surface area contributed by atoms with Crippen LogP contribution in [-0.2, 0) is 16.0 Å². The summed E-state index contributed by atoms with van der Waals surface area (Å²) in [4.78, 5) is 14.3. The first kappa shape index (κ1) is 15.0. The van der Waals surface area contributed by atoms with Gasteiger partial charge < -0.3 is 10.1 Å². The van der Waals surface area contributed by atoms with Crippen LogP contribution in [0.4, 0.5) is 0 Å². The van der Waals surface area contributed by atoms with E-state index in [0.29, 0.717) is 0 Å². The molecule has 1 saturated heterocycles. The summed E-state index contributed by atoms with van der Waals surface area (Å²) in [5.41, 5.74) is 1.27. The SMILES string of the molecule is COC(=O)C(CCc1ccccc1)N1CCCNCC1. The second-order valence-electron chi connectivity index (χ2n) is 5.20. The van der Waals surface area contributed by atoms with Crippen molar-refractivity contribution in [2.75, 3.05) is 33.3 Å². The molecule has 0 amide bonds. The van der Waals surface area contributed by atoms with E-state index in [1.165, 1.54) is 12.7 Å². The number of benzene rings is 1. The Balaban J connectivity index is 1.97. The van der Waals surface area contributed by atoms with Gasteiger partial charge in [-0.2, -0.15) is 0 Å². The number of methoxy groups -OCH3 is 1. The van der Waals surface area contributed by atoms with Gasteiger partial charge in [-0.3, -0.25) is 9.69 Å². The van der Waals surface area contributed by atoms with Crippen molar-refractivity contribution in [3.05, 3.63) is 35.9 Å². The molecule has 0 spiro atoms. The Hall–Kier alpha value is -1.39. The van der Waals surface area contributed by atoms with Crippen LogP contribution in [0.25, 0.3) is 0 Å². The normalized spacial score (nSPS) is 18.2. The molecule has 4 heteroatoms. The zero-order valence-electron chi connectivity index (χ0n) is 12.2. The van der Waals surface area contributed by atoms with Crippen molar-refractivity contribution in [1.82, 2.24) is 10.2 Å². The largest absolute Gasteiger partial charge is 0.468 e. The average molecular weight is 276 g/mol. The Bertz CT molecular complexity index is 400. The van der Waals surface area contributed by atoms with Gasteiger partial charge in [-0.1, -0.05) is 30.3 Å². The first-order valence-electron chi connectivity index (χ1n) is 7.38. The number of carbonyl (C=O) groups is 1. The van der Waals surface area contributed by atoms with Crippen molar-refractivity contribution in [2.24, 2.45) is 0 Å². The summed E-state index contributed by atoms with van der Waals surface area (Å²) in [6.07, 6.45) is 2.81. The van der Waals surface area contributed by atoms with Gasteiger partial charge in [-0.25, -0.2) is 0 Å². The molecule has 1 aliphatic heterocycles. The minimum Gasteiger partial charge on any atom is -0.468 e. The summed E-state index contributed by atoms with van der Waals surface area (Å²) >= 11 is 0. The predicted octanol–water partition coefficient (Wildman–Crippen LogP) is 1.46. The number of ether oxygens (including phenoxy) is 1. The van der Waals surface area contributed by atoms with Gasteiger partial charge in [0.1, 0.15) is 6.04 Å². The summed E-state index contributed by atoms with van der Waals surface area (Å²) in [6.45, 7) is 3.85. The third-order valence-corrected chi connectivity index (χ3v) is 3.84. The van der Waals surface area contributed by atoms with Gasteiger partial charge in [0.2, 0.25) is 0 Å². The molecule has 1 aromatic carbocycles. The summed E-state index contributed by atoms with van der Waals surface area (Å²) in [5, 5.41) is 3.37. The standard InChI is InChI=1S/C16H24N2O2/c1-20-16(19)15(18-12-5-10-17-11-13-18)9-8-14-6-3-2-4-7-14/h2-4,6-7,15,17H,5,8-13H2,1H3. The number of esters is 1. The third kappa shape index (κ3) is 4.32. The number of hydrogen-bond acceptors (Lipinski definition) is 4. The topological polar surface area (TPSA) is 41.6 Å². The zero-order chi connectivity index (χ0) is 14.2. The smallest absolute Gasteiger partial charge is 0.323 e. The van der Waals surface area contributed by atoms with E-state index in [-0.39, 0.29) is 12.0 Å². The highest BCUT2D eigenvalue weighted by atomic mass is 16.5. The van der Waals surface area contributed by atoms with Crippen LogP contribution in [0.1, 0.15) is 18.4 Å². The van der Waals surface area contributed by atoms with E-state index in [0.717, 1.165) is 45.4 Å². The predicted molar refractivity (Wildman–Crippen MR) is 79.6 cm³/mol. The van der Waals surface area contributed by atoms with E-state index in [9.17, 15) is 4.79 Å². The second kappa shape index (κ2) is 8.02. The van der Waals surface area contributed by atoms with Crippen LogP contribution < -0.4 is 5.32 Å². The molecule has 4 nitrogen and oxygen atoms in total. The number of aryl methyl sites for hydroxylation is 1. The maximum absolute atomic E-state index is 12.1. The van der Waals surface area contributed by atoms with Crippen LogP contribution >= 0.6 is 0 Å². The average Bonchev–Trinajstić information content (AvgIpc) is 2.77. The molecular weight excluding hydrogens is 252 g/mol. The summed E-state index contributed by atoms with van der Waals surface area (Å²) in [7, 11) is 1.48. The summed E-state index contributed by atoms with van der Waals surface area (Å²) < 4.78 is 4.99. The first-order chi connectivity index (χ1) is 9.81. The fourth-order valence-electron chi connectivity index (χ4n) is 2.71. The fourth-order valence-corrected chi connectivity index (χ4v) is 2.71. The monoisotopic (exact) mass is 276 g/mol. The lowest BCUT2D eigenvalue weighted by atomic mass is 10.0. The first-order valence-corrected chi connectivity index (χ1v) is 7.38. The van der Waals surface area contributed by atoms with Gasteiger partial charge in [0.05, 0.1) is 7.11 Å². The fraction of sp³-hybridized carbons (Fsp3) is 0.562. The Morgan fingerprint density at radius 2 is 2.10 bits per heavy atom. The molecule has 0 radical (unpaired) electrons. The van der Waals surface area contributed by atoms with Crippen molar-refractivity contribution in [3.63, 3.8) is 0 Å². The molecule has 1 aromatic rings. The Kier molecular flexibility index (Phi) is 6.02. The maximum Gasteiger partial charge on any atom is 0.323 e. The van der Waals surface area contributed by atoms with E-state index in [2.05, 4.69) is 22.3 Å². The Morgan fingerprint density at radius 3 is 2.85 bits per heavy atom. The number of rotatable bonds is 5. The molecule has 1 fully saturated rings. The van der Waals surface area contributed by atoms with Gasteiger partial charge in [-0.05, 0) is 31.4 Å². The van der Waals surface area contributed by atoms with E-state index < -0.39 is 0 Å². The number of nitrogens with zero attached hydrogens (tertiary/aromatic N) is 1. The van der Waals surface area contributed by atoms with Gasteiger partial charge in [0, 0.05) is 19.6 Å². The summed E-state index contributed by atoms with van der Waals surface area (Å²) in [6, 6.07) is 10.2. The van der Waals surface area contributed by atoms with E-state index >= 15 is 0 Å². The molecule has 0 aliphatic carbocycles. The highest BCUT2D eigenvalue weighted by Gasteiger charge is 2.26. The number of hydrogen-bond donors (Lipinski definition) is 1. The highest BCUT2D eigenvalue weighted by Crippen LogP contribution is 2.13. The van der Waals surface area contributed by atoms with Gasteiger partial charge >= 0.3 is 5.97 Å². The molecule has 110 valence electrons. The zero-order valence-corrected chi connectivity index (χ0v) is 12.2. The van der Waals surface area contributed by atoms with E-state index in [1.54, 1.807) is 0 Å². The molecule has 1 unspecified atom stereocenters. The Labute approximate surface area is 121 Å². The third-order valence-electron chi connectivity index (χ3n) is 3.84. The molecule has 1 N–H and O–H groups in total. The Morgan fingerprint density at radius 1 is 1.30 bits per heavy atom. The van der Waals surface area contributed by atoms with Gasteiger partial charge in [0.25, 0.3) is 0 Å². The highest BCUT2D eigenvalue weighted by molar-refractivity contribution is 5.75. The van der Waals surface area contributed by atoms with Gasteiger partial charge in [0.15, 0.2) is 0 Å². The van der Waals surface area contributed by atoms with Gasteiger partial charge in [-0.15, -0.1) is 0 Å². The van der Waals surface area contributed by atoms with E-state index in [1.807, 2.05) is 18.2 Å². The lowest BCUT2D eigenvalue weighted by molar-refractivity contribution is -0.147. The number of nitrogens with one attached hydrogen (secondary N) is 1. The van der Waals surface area contributed by atoms with Crippen LogP contribution in [0.3, 0.4) is 0 Å². The van der Waals surface area contributed by atoms with Crippen molar-refractivity contribution < 1.29 is 9.53 Å². The summed E-state index contributed by atoms with van der Waals surface area (Å²) in [5.74, 6) is -0.108. The van der Waals surface area contributed by atoms with Crippen molar-refractivity contribution in [2.45, 2.75) is 25.3 Å². The molecule has 0 saturated carbocycles. The van der Waals surface area contributed by atoms with Crippen LogP contribution in [0, 0.1) is 0 Å². The molecular formula is C16H24N2O2. The van der Waals surface area contributed by atoms with Crippen molar-refractivity contribution >= 4 is 5.97 Å². The van der Waals surface area contributed by atoms with Crippen LogP contribution in [-0.4, -0.2) is 50.2 Å². The molecule has 0 bridgehead atoms. The molecule has 2 rings (SSSR count). The molecule has 1 heterocycles. The lowest BCUT2D eigenvalue weighted by Gasteiger charge is -2.28. The minimum absolute atomic E-state index is 0.108. The van der Waals surface area contributed by atoms with Crippen molar-refractivity contribution in [3.8, 4) is 0 Å². The number of carbonyl (C=O) groups excluding carboxylic acids is 1. The molecule has 1 atom stereocenters. The molecule has 0 aromatic heterocycles. The minimum atomic E-state index is -0.125. The van der Waals surface area contributed by atoms with Crippen LogP contribution in [0.2, 0.25) is 0 Å². The van der Waals surface area contributed by atoms with Crippen molar-refractivity contribution in [1.29, 1.82) is 0 Å². The molecule has 20 heavy (non-hydrogen) atoms. The van der Waals surface area contributed by atoms with Crippen LogP contribution in [0.15, 0.2) is 30.3 Å². The van der Waals surface area contributed by atoms with Crippen LogP contribution in [0.5, 0.6) is 0 Å².